The Hall–Kier alpha value is -1.02. The lowest BCUT2D eigenvalue weighted by Gasteiger charge is -2.42. The van der Waals surface area contributed by atoms with Gasteiger partial charge in [0.1, 0.15) is 0 Å². The molecular weight excluding hydrogens is 220 g/mol. The molecule has 2 heteroatoms. The van der Waals surface area contributed by atoms with Gasteiger partial charge >= 0.3 is 0 Å². The van der Waals surface area contributed by atoms with Gasteiger partial charge in [-0.3, -0.25) is 0 Å². The second-order valence-corrected chi connectivity index (χ2v) is 5.66. The summed E-state index contributed by atoms with van der Waals surface area (Å²) in [5, 5.41) is 0. The molecule has 2 rings (SSSR count). The normalized spacial score (nSPS) is 28.4. The Bertz CT molecular complexity index is 371. The Kier molecular flexibility index (Phi) is 4.28. The highest BCUT2D eigenvalue weighted by atomic mass is 15.2. The van der Waals surface area contributed by atoms with Crippen LogP contribution in [0.5, 0.6) is 0 Å². The molecule has 1 aliphatic heterocycles. The number of aryl methyl sites for hydroxylation is 1. The molecule has 0 saturated carbocycles. The zero-order valence-electron chi connectivity index (χ0n) is 11.9. The first-order valence-electron chi connectivity index (χ1n) is 7.24. The Morgan fingerprint density at radius 1 is 1.22 bits per heavy atom. The molecule has 0 amide bonds. The minimum Gasteiger partial charge on any atom is -0.368 e. The van der Waals surface area contributed by atoms with E-state index in [2.05, 4.69) is 49.9 Å². The molecule has 0 aliphatic carbocycles. The predicted octanol–water partition coefficient (Wildman–Crippen LogP) is 3.20. The quantitative estimate of drug-likeness (QED) is 0.887. The van der Waals surface area contributed by atoms with Crippen molar-refractivity contribution >= 4 is 5.69 Å². The average molecular weight is 246 g/mol. The SMILES string of the molecule is CCCc1ccc(N2CCC(N)C(C)C2C)cc1. The average Bonchev–Trinajstić information content (AvgIpc) is 2.38. The minimum absolute atomic E-state index is 0.357. The van der Waals surface area contributed by atoms with E-state index in [4.69, 9.17) is 5.73 Å². The second kappa shape index (κ2) is 5.75. The zero-order valence-corrected chi connectivity index (χ0v) is 11.9. The van der Waals surface area contributed by atoms with Crippen LogP contribution in [0.25, 0.3) is 0 Å². The standard InChI is InChI=1S/C16H26N2/c1-4-5-14-6-8-15(9-7-14)18-11-10-16(17)12(2)13(18)3/h6-9,12-13,16H,4-5,10-11,17H2,1-3H3. The third-order valence-electron chi connectivity index (χ3n) is 4.44. The fourth-order valence-corrected chi connectivity index (χ4v) is 2.90. The summed E-state index contributed by atoms with van der Waals surface area (Å²) in [7, 11) is 0. The van der Waals surface area contributed by atoms with Crippen molar-refractivity contribution in [2.45, 2.75) is 52.1 Å². The van der Waals surface area contributed by atoms with Crippen LogP contribution in [0.2, 0.25) is 0 Å². The summed E-state index contributed by atoms with van der Waals surface area (Å²) in [5.41, 5.74) is 8.93. The number of piperidine rings is 1. The van der Waals surface area contributed by atoms with Gasteiger partial charge in [0, 0.05) is 24.3 Å². The van der Waals surface area contributed by atoms with Crippen molar-refractivity contribution in [3.8, 4) is 0 Å². The molecule has 3 atom stereocenters. The van der Waals surface area contributed by atoms with E-state index in [-0.39, 0.29) is 0 Å². The summed E-state index contributed by atoms with van der Waals surface area (Å²) in [5.74, 6) is 0.564. The molecule has 0 aromatic heterocycles. The monoisotopic (exact) mass is 246 g/mol. The molecule has 0 spiro atoms. The van der Waals surface area contributed by atoms with Crippen LogP contribution in [0.4, 0.5) is 5.69 Å². The van der Waals surface area contributed by atoms with Gasteiger partial charge in [0.25, 0.3) is 0 Å². The number of rotatable bonds is 3. The summed E-state index contributed by atoms with van der Waals surface area (Å²) in [4.78, 5) is 2.50. The molecule has 100 valence electrons. The Morgan fingerprint density at radius 3 is 2.50 bits per heavy atom. The maximum atomic E-state index is 6.15. The van der Waals surface area contributed by atoms with Gasteiger partial charge in [-0.25, -0.2) is 0 Å². The van der Waals surface area contributed by atoms with Crippen molar-refractivity contribution in [3.05, 3.63) is 29.8 Å². The van der Waals surface area contributed by atoms with Gasteiger partial charge in [-0.05, 0) is 43.4 Å². The van der Waals surface area contributed by atoms with Crippen molar-refractivity contribution in [1.82, 2.24) is 0 Å². The molecule has 0 bridgehead atoms. The van der Waals surface area contributed by atoms with E-state index in [9.17, 15) is 0 Å². The lowest BCUT2D eigenvalue weighted by molar-refractivity contribution is 0.315. The van der Waals surface area contributed by atoms with Gasteiger partial charge < -0.3 is 10.6 Å². The smallest absolute Gasteiger partial charge is 0.0368 e. The fraction of sp³-hybridized carbons (Fsp3) is 0.625. The van der Waals surface area contributed by atoms with E-state index in [1.165, 1.54) is 24.1 Å². The molecule has 2 nitrogen and oxygen atoms in total. The number of hydrogen-bond donors (Lipinski definition) is 1. The van der Waals surface area contributed by atoms with E-state index in [1.807, 2.05) is 0 Å². The van der Waals surface area contributed by atoms with Gasteiger partial charge in [0.2, 0.25) is 0 Å². The summed E-state index contributed by atoms with van der Waals surface area (Å²) in [6, 6.07) is 9.97. The third kappa shape index (κ3) is 2.69. The highest BCUT2D eigenvalue weighted by Crippen LogP contribution is 2.28. The first-order valence-corrected chi connectivity index (χ1v) is 7.24. The first kappa shape index (κ1) is 13.4. The number of nitrogens with zero attached hydrogens (tertiary/aromatic N) is 1. The van der Waals surface area contributed by atoms with Crippen LogP contribution < -0.4 is 10.6 Å². The van der Waals surface area contributed by atoms with Gasteiger partial charge in [-0.2, -0.15) is 0 Å². The lowest BCUT2D eigenvalue weighted by atomic mass is 9.87. The van der Waals surface area contributed by atoms with E-state index >= 15 is 0 Å². The van der Waals surface area contributed by atoms with Crippen molar-refractivity contribution in [2.24, 2.45) is 11.7 Å². The fourth-order valence-electron chi connectivity index (χ4n) is 2.90. The molecule has 3 unspecified atom stereocenters. The van der Waals surface area contributed by atoms with E-state index in [0.29, 0.717) is 18.0 Å². The van der Waals surface area contributed by atoms with Crippen molar-refractivity contribution in [2.75, 3.05) is 11.4 Å². The predicted molar refractivity (Wildman–Crippen MR) is 79.0 cm³/mol. The molecule has 0 radical (unpaired) electrons. The highest BCUT2D eigenvalue weighted by molar-refractivity contribution is 5.49. The molecule has 18 heavy (non-hydrogen) atoms. The Labute approximate surface area is 111 Å². The Balaban J connectivity index is 2.11. The van der Waals surface area contributed by atoms with Gasteiger partial charge in [-0.15, -0.1) is 0 Å². The summed E-state index contributed by atoms with van der Waals surface area (Å²) >= 11 is 0. The topological polar surface area (TPSA) is 29.3 Å². The van der Waals surface area contributed by atoms with Crippen LogP contribution in [-0.2, 0) is 6.42 Å². The molecular formula is C16H26N2. The molecule has 1 fully saturated rings. The third-order valence-corrected chi connectivity index (χ3v) is 4.44. The van der Waals surface area contributed by atoms with Gasteiger partial charge in [0.15, 0.2) is 0 Å². The van der Waals surface area contributed by atoms with Crippen LogP contribution >= 0.6 is 0 Å². The molecule has 1 aromatic carbocycles. The van der Waals surface area contributed by atoms with Crippen LogP contribution in [0.3, 0.4) is 0 Å². The zero-order chi connectivity index (χ0) is 13.1. The molecule has 1 heterocycles. The summed E-state index contributed by atoms with van der Waals surface area (Å²) in [6.07, 6.45) is 3.49. The molecule has 1 aromatic rings. The second-order valence-electron chi connectivity index (χ2n) is 5.66. The van der Waals surface area contributed by atoms with Crippen molar-refractivity contribution < 1.29 is 0 Å². The number of nitrogens with two attached hydrogens (primary N) is 1. The lowest BCUT2D eigenvalue weighted by Crippen LogP contribution is -2.51. The largest absolute Gasteiger partial charge is 0.368 e. The minimum atomic E-state index is 0.357. The highest BCUT2D eigenvalue weighted by Gasteiger charge is 2.30. The van der Waals surface area contributed by atoms with Gasteiger partial charge in [0.05, 0.1) is 0 Å². The summed E-state index contributed by atoms with van der Waals surface area (Å²) in [6.45, 7) is 7.88. The molecule has 1 aliphatic rings. The van der Waals surface area contributed by atoms with Crippen LogP contribution in [0.1, 0.15) is 39.2 Å². The molecule has 1 saturated heterocycles. The summed E-state index contributed by atoms with van der Waals surface area (Å²) < 4.78 is 0. The number of anilines is 1. The van der Waals surface area contributed by atoms with Crippen molar-refractivity contribution in [3.63, 3.8) is 0 Å². The van der Waals surface area contributed by atoms with E-state index < -0.39 is 0 Å². The maximum Gasteiger partial charge on any atom is 0.0368 e. The number of hydrogen-bond acceptors (Lipinski definition) is 2. The van der Waals surface area contributed by atoms with Crippen molar-refractivity contribution in [1.29, 1.82) is 0 Å². The number of benzene rings is 1. The maximum absolute atomic E-state index is 6.15. The first-order chi connectivity index (χ1) is 8.63. The van der Waals surface area contributed by atoms with Crippen LogP contribution in [-0.4, -0.2) is 18.6 Å². The van der Waals surface area contributed by atoms with E-state index in [0.717, 1.165) is 13.0 Å². The Morgan fingerprint density at radius 2 is 1.89 bits per heavy atom. The van der Waals surface area contributed by atoms with E-state index in [1.54, 1.807) is 0 Å². The molecule has 2 N–H and O–H groups in total. The van der Waals surface area contributed by atoms with Crippen LogP contribution in [0.15, 0.2) is 24.3 Å². The van der Waals surface area contributed by atoms with Crippen LogP contribution in [0, 0.1) is 5.92 Å². The van der Waals surface area contributed by atoms with Gasteiger partial charge in [-0.1, -0.05) is 32.4 Å².